The molecule has 0 saturated carbocycles. The van der Waals surface area contributed by atoms with E-state index in [9.17, 15) is 4.79 Å². The van der Waals surface area contributed by atoms with Crippen molar-refractivity contribution in [2.24, 2.45) is 7.05 Å². The fourth-order valence-electron chi connectivity index (χ4n) is 1.75. The van der Waals surface area contributed by atoms with Gasteiger partial charge in [0.05, 0.1) is 29.7 Å². The van der Waals surface area contributed by atoms with Crippen LogP contribution in [0.4, 0.5) is 5.69 Å². The van der Waals surface area contributed by atoms with Crippen LogP contribution in [0.15, 0.2) is 30.5 Å². The van der Waals surface area contributed by atoms with Gasteiger partial charge in [0, 0.05) is 7.05 Å². The summed E-state index contributed by atoms with van der Waals surface area (Å²) in [6, 6.07) is 7.19. The van der Waals surface area contributed by atoms with E-state index in [0.717, 1.165) is 5.69 Å². The third kappa shape index (κ3) is 2.76. The van der Waals surface area contributed by atoms with Crippen molar-refractivity contribution >= 4 is 11.6 Å². The Morgan fingerprint density at radius 3 is 2.79 bits per heavy atom. The Balaban J connectivity index is 2.23. The lowest BCUT2D eigenvalue weighted by Crippen LogP contribution is -2.14. The maximum atomic E-state index is 12.2. The standard InChI is InChI=1S/C14H17N3O2/c1-4-19-13-8-6-5-7-11(13)14(18)16-12-9-15-17(3)10(12)2/h5-9H,4H2,1-3H3,(H,16,18). The lowest BCUT2D eigenvalue weighted by molar-refractivity contribution is 0.102. The molecule has 19 heavy (non-hydrogen) atoms. The number of hydrogen-bond donors (Lipinski definition) is 1. The summed E-state index contributed by atoms with van der Waals surface area (Å²) in [5.41, 5.74) is 2.13. The molecule has 100 valence electrons. The molecular weight excluding hydrogens is 242 g/mol. The third-order valence-electron chi connectivity index (χ3n) is 2.91. The summed E-state index contributed by atoms with van der Waals surface area (Å²) in [6.45, 7) is 4.31. The molecule has 0 bridgehead atoms. The first-order valence-corrected chi connectivity index (χ1v) is 6.15. The number of para-hydroxylation sites is 1. The van der Waals surface area contributed by atoms with Crippen molar-refractivity contribution in [3.05, 3.63) is 41.7 Å². The number of anilines is 1. The summed E-state index contributed by atoms with van der Waals surface area (Å²) >= 11 is 0. The maximum absolute atomic E-state index is 12.2. The average Bonchev–Trinajstić information content (AvgIpc) is 2.72. The molecule has 0 radical (unpaired) electrons. The van der Waals surface area contributed by atoms with Gasteiger partial charge in [0.2, 0.25) is 0 Å². The van der Waals surface area contributed by atoms with Crippen LogP contribution in [0.3, 0.4) is 0 Å². The Hall–Kier alpha value is -2.30. The maximum Gasteiger partial charge on any atom is 0.259 e. The number of benzene rings is 1. The number of nitrogens with one attached hydrogen (secondary N) is 1. The average molecular weight is 259 g/mol. The zero-order valence-corrected chi connectivity index (χ0v) is 11.3. The molecule has 5 heteroatoms. The molecule has 1 heterocycles. The highest BCUT2D eigenvalue weighted by molar-refractivity contribution is 6.06. The predicted molar refractivity (Wildman–Crippen MR) is 73.5 cm³/mol. The Morgan fingerprint density at radius 1 is 1.42 bits per heavy atom. The van der Waals surface area contributed by atoms with E-state index in [1.807, 2.05) is 33.0 Å². The minimum Gasteiger partial charge on any atom is -0.493 e. The Morgan fingerprint density at radius 2 is 2.16 bits per heavy atom. The van der Waals surface area contributed by atoms with E-state index < -0.39 is 0 Å². The van der Waals surface area contributed by atoms with E-state index in [4.69, 9.17) is 4.74 Å². The molecule has 2 rings (SSSR count). The summed E-state index contributed by atoms with van der Waals surface area (Å²) in [7, 11) is 1.83. The van der Waals surface area contributed by atoms with Crippen LogP contribution in [0.1, 0.15) is 23.0 Å². The first-order valence-electron chi connectivity index (χ1n) is 6.15. The van der Waals surface area contributed by atoms with Crippen LogP contribution in [0, 0.1) is 6.92 Å². The number of rotatable bonds is 4. The molecule has 0 unspecified atom stereocenters. The lowest BCUT2D eigenvalue weighted by atomic mass is 10.2. The van der Waals surface area contributed by atoms with Crippen LogP contribution < -0.4 is 10.1 Å². The summed E-state index contributed by atoms with van der Waals surface area (Å²) in [5, 5.41) is 6.94. The number of amides is 1. The predicted octanol–water partition coefficient (Wildman–Crippen LogP) is 2.38. The molecule has 0 aliphatic carbocycles. The second kappa shape index (κ2) is 5.56. The van der Waals surface area contributed by atoms with Gasteiger partial charge in [0.15, 0.2) is 0 Å². The molecule has 0 aliphatic rings. The van der Waals surface area contributed by atoms with E-state index in [0.29, 0.717) is 23.6 Å². The molecular formula is C14H17N3O2. The van der Waals surface area contributed by atoms with E-state index in [1.54, 1.807) is 23.0 Å². The van der Waals surface area contributed by atoms with Gasteiger partial charge in [-0.1, -0.05) is 12.1 Å². The van der Waals surface area contributed by atoms with Crippen molar-refractivity contribution in [2.75, 3.05) is 11.9 Å². The fourth-order valence-corrected chi connectivity index (χ4v) is 1.75. The summed E-state index contributed by atoms with van der Waals surface area (Å²) in [6.07, 6.45) is 1.64. The number of carbonyl (C=O) groups excluding carboxylic acids is 1. The Kier molecular flexibility index (Phi) is 3.85. The number of carbonyl (C=O) groups is 1. The number of hydrogen-bond acceptors (Lipinski definition) is 3. The molecule has 0 fully saturated rings. The van der Waals surface area contributed by atoms with Gasteiger partial charge in [0.1, 0.15) is 5.75 Å². The van der Waals surface area contributed by atoms with Gasteiger partial charge in [-0.05, 0) is 26.0 Å². The quantitative estimate of drug-likeness (QED) is 0.917. The monoisotopic (exact) mass is 259 g/mol. The highest BCUT2D eigenvalue weighted by atomic mass is 16.5. The molecule has 1 amide bonds. The molecule has 0 saturated heterocycles. The van der Waals surface area contributed by atoms with Crippen molar-refractivity contribution in [2.45, 2.75) is 13.8 Å². The zero-order valence-electron chi connectivity index (χ0n) is 11.3. The second-order valence-corrected chi connectivity index (χ2v) is 4.15. The largest absolute Gasteiger partial charge is 0.493 e. The van der Waals surface area contributed by atoms with Crippen LogP contribution in [-0.4, -0.2) is 22.3 Å². The molecule has 2 aromatic rings. The van der Waals surface area contributed by atoms with E-state index in [-0.39, 0.29) is 5.91 Å². The molecule has 1 N–H and O–H groups in total. The van der Waals surface area contributed by atoms with E-state index >= 15 is 0 Å². The van der Waals surface area contributed by atoms with E-state index in [1.165, 1.54) is 0 Å². The van der Waals surface area contributed by atoms with Crippen LogP contribution >= 0.6 is 0 Å². The minimum atomic E-state index is -0.194. The van der Waals surface area contributed by atoms with Crippen LogP contribution in [0.25, 0.3) is 0 Å². The normalized spacial score (nSPS) is 10.3. The fraction of sp³-hybridized carbons (Fsp3) is 0.286. The van der Waals surface area contributed by atoms with Gasteiger partial charge < -0.3 is 10.1 Å². The summed E-state index contributed by atoms with van der Waals surface area (Å²) in [5.74, 6) is 0.393. The number of aryl methyl sites for hydroxylation is 1. The summed E-state index contributed by atoms with van der Waals surface area (Å²) in [4.78, 5) is 12.2. The van der Waals surface area contributed by atoms with Gasteiger partial charge in [0.25, 0.3) is 5.91 Å². The zero-order chi connectivity index (χ0) is 13.8. The number of ether oxygens (including phenoxy) is 1. The molecule has 1 aromatic heterocycles. The second-order valence-electron chi connectivity index (χ2n) is 4.15. The van der Waals surface area contributed by atoms with Crippen molar-refractivity contribution in [3.8, 4) is 5.75 Å². The first kappa shape index (κ1) is 13.1. The van der Waals surface area contributed by atoms with Crippen molar-refractivity contribution in [1.29, 1.82) is 0 Å². The van der Waals surface area contributed by atoms with Gasteiger partial charge >= 0.3 is 0 Å². The van der Waals surface area contributed by atoms with Gasteiger partial charge in [-0.3, -0.25) is 9.48 Å². The van der Waals surface area contributed by atoms with Crippen LogP contribution in [0.2, 0.25) is 0 Å². The molecule has 0 atom stereocenters. The minimum absolute atomic E-state index is 0.194. The van der Waals surface area contributed by atoms with Crippen molar-refractivity contribution in [3.63, 3.8) is 0 Å². The summed E-state index contributed by atoms with van der Waals surface area (Å²) < 4.78 is 7.16. The van der Waals surface area contributed by atoms with Gasteiger partial charge in [-0.15, -0.1) is 0 Å². The molecule has 5 nitrogen and oxygen atoms in total. The SMILES string of the molecule is CCOc1ccccc1C(=O)Nc1cnn(C)c1C. The highest BCUT2D eigenvalue weighted by Crippen LogP contribution is 2.20. The molecule has 0 aliphatic heterocycles. The molecule has 1 aromatic carbocycles. The third-order valence-corrected chi connectivity index (χ3v) is 2.91. The Bertz CT molecular complexity index is 590. The van der Waals surface area contributed by atoms with Crippen molar-refractivity contribution in [1.82, 2.24) is 9.78 Å². The first-order chi connectivity index (χ1) is 9.13. The number of nitrogens with zero attached hydrogens (tertiary/aromatic N) is 2. The lowest BCUT2D eigenvalue weighted by Gasteiger charge is -2.10. The highest BCUT2D eigenvalue weighted by Gasteiger charge is 2.14. The van der Waals surface area contributed by atoms with Crippen molar-refractivity contribution < 1.29 is 9.53 Å². The Labute approximate surface area is 112 Å². The molecule has 0 spiro atoms. The van der Waals surface area contributed by atoms with Gasteiger partial charge in [-0.25, -0.2) is 0 Å². The van der Waals surface area contributed by atoms with Crippen LogP contribution in [-0.2, 0) is 7.05 Å². The smallest absolute Gasteiger partial charge is 0.259 e. The van der Waals surface area contributed by atoms with E-state index in [2.05, 4.69) is 10.4 Å². The number of aromatic nitrogens is 2. The topological polar surface area (TPSA) is 56.1 Å². The van der Waals surface area contributed by atoms with Crippen LogP contribution in [0.5, 0.6) is 5.75 Å². The van der Waals surface area contributed by atoms with Gasteiger partial charge in [-0.2, -0.15) is 5.10 Å².